The van der Waals surface area contributed by atoms with Crippen LogP contribution in [0.1, 0.15) is 16.8 Å². The molecule has 0 saturated heterocycles. The maximum atomic E-state index is 12.2. The highest BCUT2D eigenvalue weighted by Gasteiger charge is 2.39. The molecule has 1 aromatic carbocycles. The minimum absolute atomic E-state index is 0.178. The maximum absolute atomic E-state index is 12.2. The number of ether oxygens (including phenoxy) is 2. The zero-order valence-electron chi connectivity index (χ0n) is 8.71. The molecule has 1 heterocycles. The van der Waals surface area contributed by atoms with Crippen molar-refractivity contribution in [3.63, 3.8) is 0 Å². The molecule has 6 heteroatoms. The van der Waals surface area contributed by atoms with E-state index in [9.17, 15) is 18.0 Å². The summed E-state index contributed by atoms with van der Waals surface area (Å²) in [5.74, 6) is -1.34. The SMILES string of the molecule is O=C(c1ccc2c(c1)OCCCO2)C(F)(F)F. The van der Waals surface area contributed by atoms with Gasteiger partial charge in [0.05, 0.1) is 13.2 Å². The summed E-state index contributed by atoms with van der Waals surface area (Å²) in [6.07, 6.45) is -4.23. The molecule has 1 aromatic rings. The molecule has 0 bridgehead atoms. The number of carbonyl (C=O) groups excluding carboxylic acids is 1. The summed E-state index contributed by atoms with van der Waals surface area (Å²) in [6, 6.07) is 3.47. The van der Waals surface area contributed by atoms with Crippen molar-refractivity contribution in [2.75, 3.05) is 13.2 Å². The molecule has 0 atom stereocenters. The Hall–Kier alpha value is -1.72. The van der Waals surface area contributed by atoms with Gasteiger partial charge in [0.15, 0.2) is 11.5 Å². The van der Waals surface area contributed by atoms with Crippen molar-refractivity contribution in [2.45, 2.75) is 12.6 Å². The number of benzene rings is 1. The number of alkyl halides is 3. The number of fused-ring (bicyclic) bond motifs is 1. The Morgan fingerprint density at radius 2 is 1.76 bits per heavy atom. The fourth-order valence-electron chi connectivity index (χ4n) is 1.47. The molecule has 0 aromatic heterocycles. The molecule has 1 aliphatic heterocycles. The maximum Gasteiger partial charge on any atom is 0.454 e. The van der Waals surface area contributed by atoms with Gasteiger partial charge in [0.25, 0.3) is 5.78 Å². The van der Waals surface area contributed by atoms with Gasteiger partial charge in [-0.25, -0.2) is 0 Å². The lowest BCUT2D eigenvalue weighted by Gasteiger charge is -2.09. The number of hydrogen-bond donors (Lipinski definition) is 0. The number of Topliss-reactive ketones (excluding diaryl/α,β-unsaturated/α-hetero) is 1. The van der Waals surface area contributed by atoms with E-state index in [-0.39, 0.29) is 5.75 Å². The van der Waals surface area contributed by atoms with Crippen LogP contribution in [-0.2, 0) is 0 Å². The minimum atomic E-state index is -4.88. The highest BCUT2D eigenvalue weighted by Crippen LogP contribution is 2.32. The lowest BCUT2D eigenvalue weighted by Crippen LogP contribution is -2.22. The van der Waals surface area contributed by atoms with E-state index in [0.717, 1.165) is 12.1 Å². The van der Waals surface area contributed by atoms with Gasteiger partial charge in [-0.2, -0.15) is 13.2 Å². The molecule has 0 spiro atoms. The molecular weight excluding hydrogens is 237 g/mol. The standard InChI is InChI=1S/C11H9F3O3/c12-11(13,14)10(15)7-2-3-8-9(6-7)17-5-1-4-16-8/h2-3,6H,1,4-5H2. The third kappa shape index (κ3) is 2.51. The summed E-state index contributed by atoms with van der Waals surface area (Å²) < 4.78 is 47.1. The molecular formula is C11H9F3O3. The second-order valence-corrected chi connectivity index (χ2v) is 3.54. The van der Waals surface area contributed by atoms with Crippen LogP contribution in [0.4, 0.5) is 13.2 Å². The van der Waals surface area contributed by atoms with Crippen molar-refractivity contribution >= 4 is 5.78 Å². The number of rotatable bonds is 1. The Labute approximate surface area is 95.1 Å². The van der Waals surface area contributed by atoms with Crippen LogP contribution in [0.25, 0.3) is 0 Å². The topological polar surface area (TPSA) is 35.5 Å². The predicted octanol–water partition coefficient (Wildman–Crippen LogP) is 2.59. The Morgan fingerprint density at radius 3 is 2.41 bits per heavy atom. The van der Waals surface area contributed by atoms with Gasteiger partial charge < -0.3 is 9.47 Å². The van der Waals surface area contributed by atoms with Crippen LogP contribution in [-0.4, -0.2) is 25.2 Å². The van der Waals surface area contributed by atoms with Crippen molar-refractivity contribution in [1.82, 2.24) is 0 Å². The molecule has 0 fully saturated rings. The average Bonchev–Trinajstić information content (AvgIpc) is 2.50. The fraction of sp³-hybridized carbons (Fsp3) is 0.364. The Morgan fingerprint density at radius 1 is 1.12 bits per heavy atom. The normalized spacial score (nSPS) is 15.2. The number of ketones is 1. The summed E-state index contributed by atoms with van der Waals surface area (Å²) in [5, 5.41) is 0. The van der Waals surface area contributed by atoms with Crippen molar-refractivity contribution < 1.29 is 27.4 Å². The van der Waals surface area contributed by atoms with Gasteiger partial charge in [-0.1, -0.05) is 0 Å². The highest BCUT2D eigenvalue weighted by molar-refractivity contribution is 6.00. The summed E-state index contributed by atoms with van der Waals surface area (Å²) in [5.41, 5.74) is -0.443. The van der Waals surface area contributed by atoms with Gasteiger partial charge in [-0.05, 0) is 18.2 Å². The number of carbonyl (C=O) groups is 1. The smallest absolute Gasteiger partial charge is 0.454 e. The van der Waals surface area contributed by atoms with Crippen LogP contribution in [0.2, 0.25) is 0 Å². The number of hydrogen-bond acceptors (Lipinski definition) is 3. The van der Waals surface area contributed by atoms with Crippen molar-refractivity contribution in [3.05, 3.63) is 23.8 Å². The average molecular weight is 246 g/mol. The Kier molecular flexibility index (Phi) is 2.95. The second-order valence-electron chi connectivity index (χ2n) is 3.54. The molecule has 0 saturated carbocycles. The lowest BCUT2D eigenvalue weighted by molar-refractivity contribution is -0.0885. The van der Waals surface area contributed by atoms with Crippen molar-refractivity contribution in [3.8, 4) is 11.5 Å². The van der Waals surface area contributed by atoms with Crippen molar-refractivity contribution in [1.29, 1.82) is 0 Å². The van der Waals surface area contributed by atoms with Crippen LogP contribution in [0.3, 0.4) is 0 Å². The van der Waals surface area contributed by atoms with Crippen LogP contribution in [0.5, 0.6) is 11.5 Å². The van der Waals surface area contributed by atoms with E-state index in [1.807, 2.05) is 0 Å². The summed E-state index contributed by atoms with van der Waals surface area (Å²) in [7, 11) is 0. The van der Waals surface area contributed by atoms with Crippen LogP contribution >= 0.6 is 0 Å². The lowest BCUT2D eigenvalue weighted by atomic mass is 10.1. The monoisotopic (exact) mass is 246 g/mol. The second kappa shape index (κ2) is 4.27. The third-order valence-corrected chi connectivity index (χ3v) is 2.27. The molecule has 0 N–H and O–H groups in total. The Balaban J connectivity index is 2.33. The third-order valence-electron chi connectivity index (χ3n) is 2.27. The van der Waals surface area contributed by atoms with E-state index < -0.39 is 17.5 Å². The van der Waals surface area contributed by atoms with Gasteiger partial charge in [0.2, 0.25) is 0 Å². The molecule has 0 aliphatic carbocycles. The molecule has 0 amide bonds. The fourth-order valence-corrected chi connectivity index (χ4v) is 1.47. The van der Waals surface area contributed by atoms with E-state index in [2.05, 4.69) is 0 Å². The Bertz CT molecular complexity index is 440. The first kappa shape index (κ1) is 11.8. The predicted molar refractivity (Wildman–Crippen MR) is 52.4 cm³/mol. The van der Waals surface area contributed by atoms with E-state index >= 15 is 0 Å². The summed E-state index contributed by atoms with van der Waals surface area (Å²) >= 11 is 0. The molecule has 0 radical (unpaired) electrons. The number of halogens is 3. The van der Waals surface area contributed by atoms with E-state index in [4.69, 9.17) is 9.47 Å². The molecule has 3 nitrogen and oxygen atoms in total. The highest BCUT2D eigenvalue weighted by atomic mass is 19.4. The summed E-state index contributed by atoms with van der Waals surface area (Å²) in [4.78, 5) is 11.0. The minimum Gasteiger partial charge on any atom is -0.490 e. The van der Waals surface area contributed by atoms with E-state index in [0.29, 0.717) is 25.4 Å². The first-order valence-electron chi connectivity index (χ1n) is 4.99. The zero-order chi connectivity index (χ0) is 12.5. The van der Waals surface area contributed by atoms with Gasteiger partial charge in [0.1, 0.15) is 0 Å². The van der Waals surface area contributed by atoms with Gasteiger partial charge in [0, 0.05) is 12.0 Å². The largest absolute Gasteiger partial charge is 0.490 e. The first-order valence-corrected chi connectivity index (χ1v) is 4.99. The molecule has 92 valence electrons. The van der Waals surface area contributed by atoms with Gasteiger partial charge in [-0.3, -0.25) is 4.79 Å². The molecule has 1 aliphatic rings. The van der Waals surface area contributed by atoms with E-state index in [1.54, 1.807) is 0 Å². The zero-order valence-corrected chi connectivity index (χ0v) is 8.71. The van der Waals surface area contributed by atoms with Gasteiger partial charge in [-0.15, -0.1) is 0 Å². The van der Waals surface area contributed by atoms with Crippen LogP contribution < -0.4 is 9.47 Å². The van der Waals surface area contributed by atoms with Crippen molar-refractivity contribution in [2.24, 2.45) is 0 Å². The molecule has 17 heavy (non-hydrogen) atoms. The summed E-state index contributed by atoms with van der Waals surface area (Å²) in [6.45, 7) is 0.802. The molecule has 2 rings (SSSR count). The molecule has 0 unspecified atom stereocenters. The quantitative estimate of drug-likeness (QED) is 0.714. The van der Waals surface area contributed by atoms with Gasteiger partial charge >= 0.3 is 6.18 Å². The van der Waals surface area contributed by atoms with Crippen LogP contribution in [0, 0.1) is 0 Å². The van der Waals surface area contributed by atoms with E-state index in [1.165, 1.54) is 6.07 Å². The van der Waals surface area contributed by atoms with Crippen LogP contribution in [0.15, 0.2) is 18.2 Å². The first-order chi connectivity index (χ1) is 7.98.